The van der Waals surface area contributed by atoms with Gasteiger partial charge in [-0.15, -0.1) is 0 Å². The van der Waals surface area contributed by atoms with Crippen molar-refractivity contribution in [3.63, 3.8) is 0 Å². The summed E-state index contributed by atoms with van der Waals surface area (Å²) in [5.74, 6) is -0.629. The Morgan fingerprint density at radius 3 is 1.29 bits per heavy atom. The van der Waals surface area contributed by atoms with E-state index in [9.17, 15) is 10.2 Å². The molecule has 0 amide bonds. The highest BCUT2D eigenvalue weighted by atomic mass is 79.9. The summed E-state index contributed by atoms with van der Waals surface area (Å²) in [5, 5.41) is 29.7. The Bertz CT molecular complexity index is 2750. The van der Waals surface area contributed by atoms with Crippen LogP contribution >= 0.6 is 31.9 Å². The number of rotatable bonds is 4. The summed E-state index contributed by atoms with van der Waals surface area (Å²) in [4.78, 5) is 0. The molecule has 0 heterocycles. The minimum atomic E-state index is -1.26. The molecule has 0 bridgehead atoms. The van der Waals surface area contributed by atoms with Gasteiger partial charge in [0.25, 0.3) is 0 Å². The molecule has 4 unspecified atom stereocenters. The van der Waals surface area contributed by atoms with Crippen molar-refractivity contribution in [3.05, 3.63) is 237 Å². The molecule has 2 aliphatic carbocycles. The highest BCUT2D eigenvalue weighted by Crippen LogP contribution is 2.58. The zero-order valence-corrected chi connectivity index (χ0v) is 33.6. The first-order valence-electron chi connectivity index (χ1n) is 18.8. The van der Waals surface area contributed by atoms with Crippen LogP contribution in [0.3, 0.4) is 0 Å². The maximum atomic E-state index is 12.3. The minimum absolute atomic E-state index is 0.311. The maximum Gasteiger partial charge on any atom is 0.122 e. The van der Waals surface area contributed by atoms with E-state index in [1.165, 1.54) is 43.8 Å². The third kappa shape index (κ3) is 6.09. The second kappa shape index (κ2) is 14.9. The second-order valence-electron chi connectivity index (χ2n) is 14.5. The van der Waals surface area contributed by atoms with Gasteiger partial charge in [0.1, 0.15) is 11.2 Å². The van der Waals surface area contributed by atoms with Crippen molar-refractivity contribution in [2.75, 3.05) is 0 Å². The van der Waals surface area contributed by atoms with E-state index in [0.717, 1.165) is 31.2 Å². The number of hydrogen-bond acceptors (Lipinski definition) is 2. The van der Waals surface area contributed by atoms with Crippen molar-refractivity contribution in [1.82, 2.24) is 0 Å². The van der Waals surface area contributed by atoms with Gasteiger partial charge in [-0.3, -0.25) is 0 Å². The molecule has 56 heavy (non-hydrogen) atoms. The topological polar surface area (TPSA) is 40.5 Å². The molecule has 10 rings (SSSR count). The summed E-state index contributed by atoms with van der Waals surface area (Å²) in [7, 11) is 0. The normalized spacial score (nSPS) is 20.9. The highest BCUT2D eigenvalue weighted by Gasteiger charge is 2.57. The second-order valence-corrected chi connectivity index (χ2v) is 16.3. The number of halogens is 2. The predicted octanol–water partition coefficient (Wildman–Crippen LogP) is 13.4. The van der Waals surface area contributed by atoms with E-state index in [1.807, 2.05) is 103 Å². The first kappa shape index (κ1) is 36.3. The van der Waals surface area contributed by atoms with Gasteiger partial charge in [0.2, 0.25) is 0 Å². The quantitative estimate of drug-likeness (QED) is 0.173. The smallest absolute Gasteiger partial charge is 0.122 e. The van der Waals surface area contributed by atoms with Crippen molar-refractivity contribution in [3.8, 4) is 22.3 Å². The molecule has 0 radical (unpaired) electrons. The summed E-state index contributed by atoms with van der Waals surface area (Å²) < 4.78 is 1.97. The molecule has 2 N–H and O–H groups in total. The molecule has 8 aromatic carbocycles. The molecule has 0 spiro atoms. The Kier molecular flexibility index (Phi) is 9.69. The number of aliphatic hydroxyl groups is 2. The van der Waals surface area contributed by atoms with E-state index < -0.39 is 11.2 Å². The van der Waals surface area contributed by atoms with Crippen molar-refractivity contribution >= 4 is 53.4 Å². The van der Waals surface area contributed by atoms with Crippen LogP contribution in [0.25, 0.3) is 43.8 Å². The van der Waals surface area contributed by atoms with Gasteiger partial charge >= 0.3 is 0 Å². The van der Waals surface area contributed by atoms with Gasteiger partial charge in [-0.1, -0.05) is 214 Å². The van der Waals surface area contributed by atoms with Crippen LogP contribution < -0.4 is 0 Å². The summed E-state index contributed by atoms with van der Waals surface area (Å²) >= 11 is 7.26. The number of hydrogen-bond donors (Lipinski definition) is 2. The molecular formula is C52H38Br2O2. The van der Waals surface area contributed by atoms with Crippen LogP contribution in [-0.2, 0) is 11.2 Å². The molecule has 0 aromatic heterocycles. The van der Waals surface area contributed by atoms with Crippen LogP contribution in [0.2, 0.25) is 0 Å². The third-order valence-electron chi connectivity index (χ3n) is 11.4. The molecular weight excluding hydrogens is 816 g/mol. The van der Waals surface area contributed by atoms with Crippen molar-refractivity contribution < 1.29 is 10.2 Å². The van der Waals surface area contributed by atoms with E-state index in [2.05, 4.69) is 135 Å². The van der Waals surface area contributed by atoms with Crippen LogP contribution in [0.5, 0.6) is 0 Å². The average molecular weight is 855 g/mol. The number of benzene rings is 8. The predicted molar refractivity (Wildman–Crippen MR) is 238 cm³/mol. The van der Waals surface area contributed by atoms with E-state index in [0.29, 0.717) is 0 Å². The lowest BCUT2D eigenvalue weighted by molar-refractivity contribution is -0.0717. The fraction of sp³-hybridized carbons (Fsp3) is 0.0769. The summed E-state index contributed by atoms with van der Waals surface area (Å²) in [6.07, 6.45) is 7.97. The van der Waals surface area contributed by atoms with Gasteiger partial charge in [-0.2, -0.15) is 0 Å². The maximum absolute atomic E-state index is 12.3. The van der Waals surface area contributed by atoms with Crippen LogP contribution in [0.4, 0.5) is 0 Å². The molecule has 0 fully saturated rings. The van der Waals surface area contributed by atoms with Gasteiger partial charge < -0.3 is 10.2 Å². The van der Waals surface area contributed by atoms with Gasteiger partial charge in [0.05, 0.1) is 0 Å². The fourth-order valence-electron chi connectivity index (χ4n) is 8.99. The largest absolute Gasteiger partial charge is 0.380 e. The number of fused-ring (bicyclic) bond motifs is 4. The van der Waals surface area contributed by atoms with Crippen molar-refractivity contribution in [2.45, 2.75) is 11.2 Å². The zero-order chi connectivity index (χ0) is 38.3. The van der Waals surface area contributed by atoms with Crippen LogP contribution in [0, 0.1) is 11.8 Å². The molecule has 4 heteroatoms. The van der Waals surface area contributed by atoms with E-state index in [1.54, 1.807) is 0 Å². The summed E-state index contributed by atoms with van der Waals surface area (Å²) in [6, 6.07) is 62.1. The van der Waals surface area contributed by atoms with Crippen LogP contribution in [0.1, 0.15) is 22.3 Å². The van der Waals surface area contributed by atoms with Crippen molar-refractivity contribution in [2.24, 2.45) is 11.8 Å². The van der Waals surface area contributed by atoms with Crippen molar-refractivity contribution in [1.29, 1.82) is 0 Å². The Labute approximate surface area is 344 Å². The summed E-state index contributed by atoms with van der Waals surface area (Å²) in [6.45, 7) is 0. The Balaban J connectivity index is 0.000000147. The monoisotopic (exact) mass is 852 g/mol. The van der Waals surface area contributed by atoms with E-state index in [-0.39, 0.29) is 11.8 Å². The first-order chi connectivity index (χ1) is 27.4. The SMILES string of the molecule is Brc1ccc2c(-c3ccccc3)c3ccccc3c(-c3ccccc3)c2c1.OC1(c2ccccc2)c2ccc(Br)cc2C(O)(c2ccccc2)C2C=CC=CC21. The van der Waals surface area contributed by atoms with E-state index >= 15 is 0 Å². The molecule has 0 saturated heterocycles. The average Bonchev–Trinajstić information content (AvgIpc) is 3.26. The standard InChI is InChI=1S/C26H21BrO2.C26H17Br/c27-20-15-16-23-24(17-20)26(29,19-11-5-2-6-12-19)22-14-8-7-13-21(22)25(23,28)18-9-3-1-4-10-18;27-20-15-16-23-24(17-20)26(19-11-5-2-6-12-19)22-14-8-7-13-21(22)25(23)18-9-3-1-4-10-18/h1-17,21-22,28-29H;1-17H. The van der Waals surface area contributed by atoms with Gasteiger partial charge in [0, 0.05) is 20.8 Å². The first-order valence-corrected chi connectivity index (χ1v) is 20.4. The third-order valence-corrected chi connectivity index (χ3v) is 12.4. The van der Waals surface area contributed by atoms with Crippen LogP contribution in [0.15, 0.2) is 215 Å². The molecule has 2 aliphatic rings. The number of allylic oxidation sites excluding steroid dienone is 2. The molecule has 8 aromatic rings. The lowest BCUT2D eigenvalue weighted by Gasteiger charge is -2.53. The molecule has 0 saturated carbocycles. The summed E-state index contributed by atoms with van der Waals surface area (Å²) in [5.41, 5.74) is 5.70. The van der Waals surface area contributed by atoms with Crippen LogP contribution in [-0.4, -0.2) is 10.2 Å². The van der Waals surface area contributed by atoms with Gasteiger partial charge in [0.15, 0.2) is 0 Å². The van der Waals surface area contributed by atoms with Gasteiger partial charge in [-0.05, 0) is 90.3 Å². The van der Waals surface area contributed by atoms with Gasteiger partial charge in [-0.25, -0.2) is 0 Å². The zero-order valence-electron chi connectivity index (χ0n) is 30.4. The highest BCUT2D eigenvalue weighted by molar-refractivity contribution is 9.10. The molecule has 0 aliphatic heterocycles. The molecule has 4 atom stereocenters. The minimum Gasteiger partial charge on any atom is -0.380 e. The Morgan fingerprint density at radius 2 is 0.768 bits per heavy atom. The lowest BCUT2D eigenvalue weighted by atomic mass is 9.55. The van der Waals surface area contributed by atoms with E-state index in [4.69, 9.17) is 0 Å². The fourth-order valence-corrected chi connectivity index (χ4v) is 9.71. The Hall–Kier alpha value is -5.36. The molecule has 272 valence electrons. The molecule has 2 nitrogen and oxygen atoms in total. The lowest BCUT2D eigenvalue weighted by Crippen LogP contribution is -2.54. The Morgan fingerprint density at radius 1 is 0.375 bits per heavy atom.